The van der Waals surface area contributed by atoms with Crippen LogP contribution >= 0.6 is 0 Å². The minimum Gasteiger partial charge on any atom is -0.497 e. The summed E-state index contributed by atoms with van der Waals surface area (Å²) in [6.07, 6.45) is 1.35. The molecule has 3 aromatic carbocycles. The Kier molecular flexibility index (Phi) is 8.74. The van der Waals surface area contributed by atoms with Crippen molar-refractivity contribution in [2.45, 2.75) is 36.9 Å². The monoisotopic (exact) mass is 508 g/mol. The van der Waals surface area contributed by atoms with E-state index in [1.54, 1.807) is 12.1 Å². The molecule has 0 saturated carbocycles. The number of piperidine rings is 1. The molecule has 1 atom stereocenters. The number of carbonyl (C=O) groups is 1. The Morgan fingerprint density at radius 2 is 1.50 bits per heavy atom. The number of rotatable bonds is 10. The zero-order valence-corrected chi connectivity index (χ0v) is 21.2. The number of nitrogens with one attached hydrogen (secondary N) is 1. The maximum absolute atomic E-state index is 14.1. The second kappa shape index (κ2) is 12.2. The van der Waals surface area contributed by atoms with Gasteiger partial charge in [-0.2, -0.15) is 4.31 Å². The van der Waals surface area contributed by atoms with Crippen LogP contribution in [0.2, 0.25) is 0 Å². The van der Waals surface area contributed by atoms with E-state index in [2.05, 4.69) is 5.32 Å². The molecule has 0 spiro atoms. The number of benzene rings is 3. The molecule has 1 aliphatic rings. The van der Waals surface area contributed by atoms with Gasteiger partial charge in [0, 0.05) is 6.54 Å². The fourth-order valence-corrected chi connectivity index (χ4v) is 6.13. The Hall–Kier alpha value is -3.20. The van der Waals surface area contributed by atoms with E-state index in [-0.39, 0.29) is 24.0 Å². The molecule has 0 bridgehead atoms. The predicted octanol–water partition coefficient (Wildman–Crippen LogP) is 4.00. The molecule has 8 heteroatoms. The van der Waals surface area contributed by atoms with Crippen molar-refractivity contribution in [1.29, 1.82) is 0 Å². The van der Waals surface area contributed by atoms with Crippen molar-refractivity contribution >= 4 is 16.0 Å². The van der Waals surface area contributed by atoms with Crippen LogP contribution in [0.25, 0.3) is 0 Å². The van der Waals surface area contributed by atoms with Crippen LogP contribution in [-0.2, 0) is 32.7 Å². The number of nitrogens with zero attached hydrogens (tertiary/aromatic N) is 1. The van der Waals surface area contributed by atoms with Gasteiger partial charge >= 0.3 is 5.97 Å². The van der Waals surface area contributed by atoms with E-state index in [1.165, 1.54) is 23.5 Å². The number of hydrogen-bond donors (Lipinski definition) is 1. The zero-order valence-electron chi connectivity index (χ0n) is 20.4. The Morgan fingerprint density at radius 3 is 2.08 bits per heavy atom. The average Bonchev–Trinajstić information content (AvgIpc) is 2.93. The maximum atomic E-state index is 14.1. The smallest absolute Gasteiger partial charge is 0.325 e. The Bertz CT molecular complexity index is 1210. The van der Waals surface area contributed by atoms with Gasteiger partial charge in [0.05, 0.1) is 12.0 Å². The molecular weight excluding hydrogens is 476 g/mol. The van der Waals surface area contributed by atoms with Crippen LogP contribution in [0.15, 0.2) is 89.8 Å². The van der Waals surface area contributed by atoms with Crippen molar-refractivity contribution in [1.82, 2.24) is 9.62 Å². The largest absolute Gasteiger partial charge is 0.497 e. The van der Waals surface area contributed by atoms with Gasteiger partial charge in [-0.3, -0.25) is 4.79 Å². The van der Waals surface area contributed by atoms with Crippen LogP contribution in [0.5, 0.6) is 5.75 Å². The number of carbonyl (C=O) groups excluding carboxylic acids is 1. The lowest BCUT2D eigenvalue weighted by Crippen LogP contribution is -2.51. The minimum absolute atomic E-state index is 0.0598. The van der Waals surface area contributed by atoms with Gasteiger partial charge in [0.2, 0.25) is 10.0 Å². The summed E-state index contributed by atoms with van der Waals surface area (Å²) in [6.45, 7) is 1.58. The van der Waals surface area contributed by atoms with Crippen LogP contribution in [0, 0.1) is 5.92 Å². The molecule has 190 valence electrons. The van der Waals surface area contributed by atoms with Crippen LogP contribution in [0.4, 0.5) is 0 Å². The number of sulfonamides is 1. The summed E-state index contributed by atoms with van der Waals surface area (Å²) in [5, 5.41) is 3.30. The molecule has 1 heterocycles. The topological polar surface area (TPSA) is 84.9 Å². The highest BCUT2D eigenvalue weighted by Crippen LogP contribution is 2.30. The molecule has 1 fully saturated rings. The lowest BCUT2D eigenvalue weighted by atomic mass is 9.90. The number of methoxy groups -OCH3 is 1. The predicted molar refractivity (Wildman–Crippen MR) is 138 cm³/mol. The van der Waals surface area contributed by atoms with Crippen LogP contribution in [-0.4, -0.2) is 44.9 Å². The Balaban J connectivity index is 1.72. The summed E-state index contributed by atoms with van der Waals surface area (Å²) in [7, 11) is -2.52. The molecular formula is C28H32N2O5S. The van der Waals surface area contributed by atoms with E-state index in [4.69, 9.17) is 9.47 Å². The first-order valence-corrected chi connectivity index (χ1v) is 13.5. The molecule has 0 unspecified atom stereocenters. The standard InChI is InChI=1S/C28H32N2O5S/c1-34-25-12-14-26(15-13-25)36(32,33)30(20-22-8-4-2-5-9-22)27(24-16-18-29-19-17-24)28(31)35-21-23-10-6-3-7-11-23/h2-15,24,27,29H,16-21H2,1H3/t27-/m1/s1. The molecule has 0 aliphatic carbocycles. The minimum atomic E-state index is -4.04. The highest BCUT2D eigenvalue weighted by molar-refractivity contribution is 7.89. The molecule has 0 amide bonds. The van der Waals surface area contributed by atoms with Gasteiger partial charge in [-0.05, 0) is 67.2 Å². The molecule has 0 radical (unpaired) electrons. The van der Waals surface area contributed by atoms with E-state index in [9.17, 15) is 13.2 Å². The highest BCUT2D eigenvalue weighted by atomic mass is 32.2. The fraction of sp³-hybridized carbons (Fsp3) is 0.321. The third-order valence-electron chi connectivity index (χ3n) is 6.45. The Morgan fingerprint density at radius 1 is 0.917 bits per heavy atom. The summed E-state index contributed by atoms with van der Waals surface area (Å²) in [4.78, 5) is 13.8. The van der Waals surface area contributed by atoms with E-state index in [0.29, 0.717) is 18.6 Å². The van der Waals surface area contributed by atoms with Gasteiger partial charge in [-0.1, -0.05) is 60.7 Å². The van der Waals surface area contributed by atoms with Crippen molar-refractivity contribution in [3.63, 3.8) is 0 Å². The van der Waals surface area contributed by atoms with Crippen LogP contribution in [0.3, 0.4) is 0 Å². The van der Waals surface area contributed by atoms with Gasteiger partial charge in [0.1, 0.15) is 18.4 Å². The van der Waals surface area contributed by atoms with Gasteiger partial charge in [-0.25, -0.2) is 8.42 Å². The van der Waals surface area contributed by atoms with E-state index in [1.807, 2.05) is 60.7 Å². The van der Waals surface area contributed by atoms with Crippen LogP contribution in [0.1, 0.15) is 24.0 Å². The summed E-state index contributed by atoms with van der Waals surface area (Å²) < 4.78 is 40.4. The first-order chi connectivity index (χ1) is 17.5. The third-order valence-corrected chi connectivity index (χ3v) is 8.29. The van der Waals surface area contributed by atoms with E-state index in [0.717, 1.165) is 24.2 Å². The third kappa shape index (κ3) is 6.32. The van der Waals surface area contributed by atoms with Gasteiger partial charge in [-0.15, -0.1) is 0 Å². The van der Waals surface area contributed by atoms with Crippen molar-refractivity contribution in [2.24, 2.45) is 5.92 Å². The molecule has 4 rings (SSSR count). The van der Waals surface area contributed by atoms with Gasteiger partial charge in [0.25, 0.3) is 0 Å². The van der Waals surface area contributed by atoms with Gasteiger partial charge in [0.15, 0.2) is 0 Å². The zero-order chi connectivity index (χ0) is 25.4. The first-order valence-electron chi connectivity index (χ1n) is 12.1. The summed E-state index contributed by atoms with van der Waals surface area (Å²) in [5.41, 5.74) is 1.65. The van der Waals surface area contributed by atoms with Crippen molar-refractivity contribution in [2.75, 3.05) is 20.2 Å². The van der Waals surface area contributed by atoms with Crippen molar-refractivity contribution in [3.05, 3.63) is 96.1 Å². The van der Waals surface area contributed by atoms with E-state index >= 15 is 0 Å². The summed E-state index contributed by atoms with van der Waals surface area (Å²) in [5.74, 6) is -0.147. The molecule has 1 saturated heterocycles. The van der Waals surface area contributed by atoms with Crippen molar-refractivity contribution in [3.8, 4) is 5.75 Å². The second-order valence-corrected chi connectivity index (χ2v) is 10.7. The van der Waals surface area contributed by atoms with Gasteiger partial charge < -0.3 is 14.8 Å². The van der Waals surface area contributed by atoms with Crippen LogP contribution < -0.4 is 10.1 Å². The van der Waals surface area contributed by atoms with Crippen molar-refractivity contribution < 1.29 is 22.7 Å². The quantitative estimate of drug-likeness (QED) is 0.417. The summed E-state index contributed by atoms with van der Waals surface area (Å²) >= 11 is 0. The lowest BCUT2D eigenvalue weighted by molar-refractivity contribution is -0.152. The number of ether oxygens (including phenoxy) is 2. The highest BCUT2D eigenvalue weighted by Gasteiger charge is 2.42. The lowest BCUT2D eigenvalue weighted by Gasteiger charge is -2.36. The molecule has 0 aromatic heterocycles. The normalized spacial score (nSPS) is 15.4. The van der Waals surface area contributed by atoms with E-state index < -0.39 is 22.0 Å². The maximum Gasteiger partial charge on any atom is 0.325 e. The molecule has 36 heavy (non-hydrogen) atoms. The first kappa shape index (κ1) is 25.9. The number of esters is 1. The Labute approximate surface area is 213 Å². The molecule has 1 N–H and O–H groups in total. The number of hydrogen-bond acceptors (Lipinski definition) is 6. The average molecular weight is 509 g/mol. The fourth-order valence-electron chi connectivity index (χ4n) is 4.50. The SMILES string of the molecule is COc1ccc(S(=O)(=O)N(Cc2ccccc2)[C@@H](C(=O)OCc2ccccc2)C2CCNCC2)cc1. The molecule has 3 aromatic rings. The summed E-state index contributed by atoms with van der Waals surface area (Å²) in [6, 6.07) is 24.0. The molecule has 7 nitrogen and oxygen atoms in total. The molecule has 1 aliphatic heterocycles. The second-order valence-electron chi connectivity index (χ2n) is 8.84.